The van der Waals surface area contributed by atoms with Gasteiger partial charge in [-0.05, 0) is 18.1 Å². The van der Waals surface area contributed by atoms with Crippen LogP contribution in [0, 0.1) is 5.82 Å². The summed E-state index contributed by atoms with van der Waals surface area (Å²) in [5.74, 6) is -0.296. The van der Waals surface area contributed by atoms with E-state index in [2.05, 4.69) is 10.3 Å². The number of nitrogens with two attached hydrogens (primary N) is 1. The third-order valence-electron chi connectivity index (χ3n) is 2.76. The lowest BCUT2D eigenvalue weighted by Crippen LogP contribution is -2.31. The maximum Gasteiger partial charge on any atom is 0.166 e. The predicted octanol–water partition coefficient (Wildman–Crippen LogP) is 2.86. The Labute approximate surface area is 116 Å². The van der Waals surface area contributed by atoms with Crippen LogP contribution in [0.5, 0.6) is 0 Å². The second-order valence-electron chi connectivity index (χ2n) is 4.25. The fourth-order valence-corrected chi connectivity index (χ4v) is 1.95. The van der Waals surface area contributed by atoms with Crippen LogP contribution in [0.1, 0.15) is 5.56 Å². The first kappa shape index (κ1) is 13.8. The molecule has 1 unspecified atom stereocenters. The second kappa shape index (κ2) is 6.50. The van der Waals surface area contributed by atoms with E-state index in [0.717, 1.165) is 5.56 Å². The van der Waals surface area contributed by atoms with Gasteiger partial charge in [-0.15, -0.1) is 0 Å². The first-order chi connectivity index (χ1) is 9.19. The molecular weight excluding hydrogens is 265 g/mol. The van der Waals surface area contributed by atoms with Crippen LogP contribution in [-0.4, -0.2) is 17.6 Å². The molecule has 0 radical (unpaired) electrons. The Morgan fingerprint density at radius 1 is 1.32 bits per heavy atom. The maximum atomic E-state index is 13.6. The van der Waals surface area contributed by atoms with Crippen LogP contribution in [0.25, 0.3) is 0 Å². The topological polar surface area (TPSA) is 50.9 Å². The van der Waals surface area contributed by atoms with E-state index in [9.17, 15) is 4.39 Å². The van der Waals surface area contributed by atoms with Crippen molar-refractivity contribution >= 4 is 17.4 Å². The summed E-state index contributed by atoms with van der Waals surface area (Å²) in [6.07, 6.45) is 2.12. The van der Waals surface area contributed by atoms with Gasteiger partial charge < -0.3 is 11.1 Å². The quantitative estimate of drug-likeness (QED) is 0.885. The molecule has 0 bridgehead atoms. The fraction of sp³-hybridized carbons (Fsp3) is 0.214. The third kappa shape index (κ3) is 3.91. The number of benzene rings is 1. The van der Waals surface area contributed by atoms with Gasteiger partial charge in [-0.3, -0.25) is 0 Å². The minimum absolute atomic E-state index is 0.0782. The van der Waals surface area contributed by atoms with Crippen LogP contribution >= 0.6 is 11.6 Å². The van der Waals surface area contributed by atoms with E-state index in [4.69, 9.17) is 17.3 Å². The highest BCUT2D eigenvalue weighted by atomic mass is 35.5. The highest BCUT2D eigenvalue weighted by Gasteiger charge is 2.11. The molecule has 2 aromatic rings. The molecule has 1 heterocycles. The molecule has 19 heavy (non-hydrogen) atoms. The van der Waals surface area contributed by atoms with Gasteiger partial charge in [0.2, 0.25) is 0 Å². The van der Waals surface area contributed by atoms with Gasteiger partial charge in [-0.2, -0.15) is 0 Å². The van der Waals surface area contributed by atoms with E-state index in [0.29, 0.717) is 13.0 Å². The smallest absolute Gasteiger partial charge is 0.166 e. The van der Waals surface area contributed by atoms with Crippen molar-refractivity contribution in [1.29, 1.82) is 0 Å². The molecule has 0 aliphatic heterocycles. The Balaban J connectivity index is 2.06. The monoisotopic (exact) mass is 279 g/mol. The van der Waals surface area contributed by atoms with E-state index < -0.39 is 5.82 Å². The molecule has 3 nitrogen and oxygen atoms in total. The van der Waals surface area contributed by atoms with E-state index in [1.165, 1.54) is 12.3 Å². The molecule has 0 fully saturated rings. The molecule has 0 saturated carbocycles. The third-order valence-corrected chi connectivity index (χ3v) is 2.96. The normalized spacial score (nSPS) is 12.2. The number of nitrogens with zero attached hydrogens (tertiary/aromatic N) is 1. The number of halogens is 2. The molecule has 0 saturated heterocycles. The lowest BCUT2D eigenvalue weighted by atomic mass is 10.1. The minimum atomic E-state index is -0.473. The van der Waals surface area contributed by atoms with E-state index in [1.807, 2.05) is 30.3 Å². The minimum Gasteiger partial charge on any atom is -0.363 e. The summed E-state index contributed by atoms with van der Waals surface area (Å²) in [6.45, 7) is 0.388. The van der Waals surface area contributed by atoms with Crippen molar-refractivity contribution in [3.8, 4) is 0 Å². The number of rotatable bonds is 5. The average Bonchev–Trinajstić information content (AvgIpc) is 2.42. The van der Waals surface area contributed by atoms with Gasteiger partial charge in [0.05, 0.1) is 5.02 Å². The van der Waals surface area contributed by atoms with Gasteiger partial charge in [-0.1, -0.05) is 41.9 Å². The number of anilines is 1. The van der Waals surface area contributed by atoms with E-state index in [1.54, 1.807) is 0 Å². The highest BCUT2D eigenvalue weighted by molar-refractivity contribution is 6.30. The summed E-state index contributed by atoms with van der Waals surface area (Å²) < 4.78 is 13.6. The molecule has 3 N–H and O–H groups in total. The van der Waals surface area contributed by atoms with Gasteiger partial charge in [0.15, 0.2) is 11.6 Å². The summed E-state index contributed by atoms with van der Waals surface area (Å²) >= 11 is 5.66. The SMILES string of the molecule is NCC(Cc1ccccc1)Nc1ncc(Cl)cc1F. The molecule has 0 aliphatic carbocycles. The predicted molar refractivity (Wildman–Crippen MR) is 75.8 cm³/mol. The molecule has 1 aromatic heterocycles. The van der Waals surface area contributed by atoms with Crippen molar-refractivity contribution in [3.63, 3.8) is 0 Å². The summed E-state index contributed by atoms with van der Waals surface area (Å²) in [6, 6.07) is 11.0. The Hall–Kier alpha value is -1.65. The Kier molecular flexibility index (Phi) is 4.71. The zero-order valence-electron chi connectivity index (χ0n) is 10.3. The van der Waals surface area contributed by atoms with Crippen LogP contribution in [0.4, 0.5) is 10.2 Å². The van der Waals surface area contributed by atoms with Gasteiger partial charge in [0.25, 0.3) is 0 Å². The molecule has 1 atom stereocenters. The van der Waals surface area contributed by atoms with Crippen molar-refractivity contribution < 1.29 is 4.39 Å². The van der Waals surface area contributed by atoms with Crippen molar-refractivity contribution in [2.75, 3.05) is 11.9 Å². The van der Waals surface area contributed by atoms with E-state index in [-0.39, 0.29) is 16.9 Å². The zero-order valence-corrected chi connectivity index (χ0v) is 11.1. The first-order valence-electron chi connectivity index (χ1n) is 6.00. The zero-order chi connectivity index (χ0) is 13.7. The number of hydrogen-bond donors (Lipinski definition) is 2. The molecule has 1 aromatic carbocycles. The summed E-state index contributed by atoms with van der Waals surface area (Å²) in [5.41, 5.74) is 6.85. The number of hydrogen-bond acceptors (Lipinski definition) is 3. The molecule has 0 spiro atoms. The molecule has 2 rings (SSSR count). The van der Waals surface area contributed by atoms with Crippen molar-refractivity contribution in [2.45, 2.75) is 12.5 Å². The molecular formula is C14H15ClFN3. The maximum absolute atomic E-state index is 13.6. The van der Waals surface area contributed by atoms with Crippen molar-refractivity contribution in [2.24, 2.45) is 5.73 Å². The Morgan fingerprint density at radius 2 is 2.05 bits per heavy atom. The Bertz CT molecular complexity index is 533. The molecule has 100 valence electrons. The van der Waals surface area contributed by atoms with Crippen molar-refractivity contribution in [1.82, 2.24) is 4.98 Å². The van der Waals surface area contributed by atoms with Crippen LogP contribution in [0.15, 0.2) is 42.6 Å². The summed E-state index contributed by atoms with van der Waals surface area (Å²) in [5, 5.41) is 3.28. The molecule has 0 aliphatic rings. The van der Waals surface area contributed by atoms with Crippen molar-refractivity contribution in [3.05, 3.63) is 59.0 Å². The van der Waals surface area contributed by atoms with E-state index >= 15 is 0 Å². The standard InChI is InChI=1S/C14H15ClFN3/c15-11-7-13(16)14(18-9-11)19-12(8-17)6-10-4-2-1-3-5-10/h1-5,7,9,12H,6,8,17H2,(H,18,19). The van der Waals surface area contributed by atoms with Gasteiger partial charge in [0, 0.05) is 18.8 Å². The summed E-state index contributed by atoms with van der Waals surface area (Å²) in [4.78, 5) is 3.93. The van der Waals surface area contributed by atoms with Gasteiger partial charge >= 0.3 is 0 Å². The molecule has 0 amide bonds. The Morgan fingerprint density at radius 3 is 2.68 bits per heavy atom. The number of nitrogens with one attached hydrogen (secondary N) is 1. The van der Waals surface area contributed by atoms with Gasteiger partial charge in [-0.25, -0.2) is 9.37 Å². The van der Waals surface area contributed by atoms with Crippen LogP contribution in [0.3, 0.4) is 0 Å². The number of pyridine rings is 1. The van der Waals surface area contributed by atoms with Crippen LogP contribution < -0.4 is 11.1 Å². The highest BCUT2D eigenvalue weighted by Crippen LogP contribution is 2.17. The molecule has 5 heteroatoms. The summed E-state index contributed by atoms with van der Waals surface area (Å²) in [7, 11) is 0. The van der Waals surface area contributed by atoms with Gasteiger partial charge in [0.1, 0.15) is 0 Å². The average molecular weight is 280 g/mol. The van der Waals surface area contributed by atoms with Crippen LogP contribution in [0.2, 0.25) is 5.02 Å². The fourth-order valence-electron chi connectivity index (χ4n) is 1.81. The van der Waals surface area contributed by atoms with Crippen LogP contribution in [-0.2, 0) is 6.42 Å². The lowest BCUT2D eigenvalue weighted by molar-refractivity contribution is 0.616. The number of aromatic nitrogens is 1. The first-order valence-corrected chi connectivity index (χ1v) is 6.38. The lowest BCUT2D eigenvalue weighted by Gasteiger charge is -2.18. The largest absolute Gasteiger partial charge is 0.363 e. The second-order valence-corrected chi connectivity index (χ2v) is 4.69.